The predicted octanol–water partition coefficient (Wildman–Crippen LogP) is 2.65. The standard InChI is InChI=1S/C11H12BrNO2/c1-6-5-8(15-2)10(12)7-3-4-9(14)13-11(6)7/h5H,3-4H2,1-2H3,(H,13,14). The summed E-state index contributed by atoms with van der Waals surface area (Å²) in [6.07, 6.45) is 1.30. The monoisotopic (exact) mass is 269 g/mol. The molecule has 1 aromatic rings. The van der Waals surface area contributed by atoms with Crippen LogP contribution in [0.15, 0.2) is 10.5 Å². The summed E-state index contributed by atoms with van der Waals surface area (Å²) in [4.78, 5) is 11.3. The first-order valence-corrected chi connectivity index (χ1v) is 5.58. The maximum absolute atomic E-state index is 11.3. The average molecular weight is 270 g/mol. The van der Waals surface area contributed by atoms with Gasteiger partial charge in [0, 0.05) is 12.1 Å². The smallest absolute Gasteiger partial charge is 0.224 e. The third-order valence-electron chi connectivity index (χ3n) is 2.61. The van der Waals surface area contributed by atoms with Crippen LogP contribution in [0.25, 0.3) is 0 Å². The van der Waals surface area contributed by atoms with Crippen LogP contribution in [-0.2, 0) is 11.2 Å². The number of amides is 1. The van der Waals surface area contributed by atoms with E-state index in [0.717, 1.165) is 33.5 Å². The van der Waals surface area contributed by atoms with E-state index in [9.17, 15) is 4.79 Å². The molecule has 0 atom stereocenters. The minimum atomic E-state index is 0.0858. The molecule has 0 spiro atoms. The van der Waals surface area contributed by atoms with Crippen molar-refractivity contribution in [3.63, 3.8) is 0 Å². The van der Waals surface area contributed by atoms with Crippen LogP contribution in [0.1, 0.15) is 17.5 Å². The van der Waals surface area contributed by atoms with E-state index >= 15 is 0 Å². The highest BCUT2D eigenvalue weighted by molar-refractivity contribution is 9.10. The Balaban J connectivity index is 2.59. The maximum Gasteiger partial charge on any atom is 0.224 e. The number of benzene rings is 1. The molecule has 1 amide bonds. The first-order valence-electron chi connectivity index (χ1n) is 4.79. The highest BCUT2D eigenvalue weighted by atomic mass is 79.9. The molecule has 1 heterocycles. The Kier molecular flexibility index (Phi) is 2.69. The van der Waals surface area contributed by atoms with Gasteiger partial charge in [-0.2, -0.15) is 0 Å². The minimum Gasteiger partial charge on any atom is -0.496 e. The van der Waals surface area contributed by atoms with Gasteiger partial charge in [0.05, 0.1) is 11.6 Å². The van der Waals surface area contributed by atoms with E-state index in [-0.39, 0.29) is 5.91 Å². The normalized spacial score (nSPS) is 14.5. The number of rotatable bonds is 1. The molecular formula is C11H12BrNO2. The van der Waals surface area contributed by atoms with Gasteiger partial charge in [-0.05, 0) is 46.5 Å². The predicted molar refractivity (Wildman–Crippen MR) is 62.4 cm³/mol. The zero-order valence-corrected chi connectivity index (χ0v) is 10.3. The van der Waals surface area contributed by atoms with E-state index in [4.69, 9.17) is 4.74 Å². The summed E-state index contributed by atoms with van der Waals surface area (Å²) in [6, 6.07) is 1.93. The van der Waals surface area contributed by atoms with Crippen molar-refractivity contribution in [1.29, 1.82) is 0 Å². The van der Waals surface area contributed by atoms with E-state index in [1.807, 2.05) is 13.0 Å². The molecule has 0 aliphatic carbocycles. The van der Waals surface area contributed by atoms with Gasteiger partial charge in [-0.3, -0.25) is 4.79 Å². The number of hydrogen-bond acceptors (Lipinski definition) is 2. The van der Waals surface area contributed by atoms with Crippen LogP contribution >= 0.6 is 15.9 Å². The lowest BCUT2D eigenvalue weighted by Crippen LogP contribution is -2.20. The van der Waals surface area contributed by atoms with Crippen LogP contribution < -0.4 is 10.1 Å². The van der Waals surface area contributed by atoms with Crippen LogP contribution in [0.3, 0.4) is 0 Å². The van der Waals surface area contributed by atoms with E-state index in [1.54, 1.807) is 7.11 Å². The molecule has 0 saturated carbocycles. The summed E-state index contributed by atoms with van der Waals surface area (Å²) in [6.45, 7) is 1.97. The molecular weight excluding hydrogens is 258 g/mol. The first-order chi connectivity index (χ1) is 7.13. The number of halogens is 1. The van der Waals surface area contributed by atoms with Gasteiger partial charge in [0.2, 0.25) is 5.91 Å². The van der Waals surface area contributed by atoms with Crippen molar-refractivity contribution in [2.45, 2.75) is 19.8 Å². The summed E-state index contributed by atoms with van der Waals surface area (Å²) in [5.41, 5.74) is 3.10. The average Bonchev–Trinajstić information content (AvgIpc) is 2.23. The van der Waals surface area contributed by atoms with Gasteiger partial charge in [-0.1, -0.05) is 0 Å². The quantitative estimate of drug-likeness (QED) is 0.852. The minimum absolute atomic E-state index is 0.0858. The Morgan fingerprint density at radius 3 is 2.87 bits per heavy atom. The van der Waals surface area contributed by atoms with Crippen molar-refractivity contribution < 1.29 is 9.53 Å². The molecule has 15 heavy (non-hydrogen) atoms. The highest BCUT2D eigenvalue weighted by Crippen LogP contribution is 2.39. The van der Waals surface area contributed by atoms with Gasteiger partial charge in [-0.25, -0.2) is 0 Å². The second-order valence-electron chi connectivity index (χ2n) is 3.61. The van der Waals surface area contributed by atoms with Crippen LogP contribution in [0, 0.1) is 6.92 Å². The second-order valence-corrected chi connectivity index (χ2v) is 4.40. The Hall–Kier alpha value is -1.03. The molecule has 0 radical (unpaired) electrons. The number of methoxy groups -OCH3 is 1. The van der Waals surface area contributed by atoms with E-state index in [1.165, 1.54) is 0 Å². The van der Waals surface area contributed by atoms with Crippen molar-refractivity contribution in [2.75, 3.05) is 12.4 Å². The van der Waals surface area contributed by atoms with Crippen molar-refractivity contribution in [1.82, 2.24) is 0 Å². The van der Waals surface area contributed by atoms with Crippen molar-refractivity contribution in [3.05, 3.63) is 21.7 Å². The van der Waals surface area contributed by atoms with Gasteiger partial charge in [0.15, 0.2) is 0 Å². The zero-order valence-electron chi connectivity index (χ0n) is 8.69. The molecule has 0 bridgehead atoms. The van der Waals surface area contributed by atoms with Crippen molar-refractivity contribution in [3.8, 4) is 5.75 Å². The fourth-order valence-electron chi connectivity index (χ4n) is 1.83. The van der Waals surface area contributed by atoms with Gasteiger partial charge in [0.25, 0.3) is 0 Å². The molecule has 1 aliphatic heterocycles. The number of anilines is 1. The number of hydrogen-bond donors (Lipinski definition) is 1. The molecule has 1 aromatic carbocycles. The van der Waals surface area contributed by atoms with Crippen molar-refractivity contribution in [2.24, 2.45) is 0 Å². The lowest BCUT2D eigenvalue weighted by Gasteiger charge is -2.21. The Labute approximate surface area is 96.9 Å². The molecule has 0 unspecified atom stereocenters. The Morgan fingerprint density at radius 2 is 2.20 bits per heavy atom. The maximum atomic E-state index is 11.3. The largest absolute Gasteiger partial charge is 0.496 e. The lowest BCUT2D eigenvalue weighted by molar-refractivity contribution is -0.116. The highest BCUT2D eigenvalue weighted by Gasteiger charge is 2.21. The number of nitrogens with one attached hydrogen (secondary N) is 1. The van der Waals surface area contributed by atoms with Crippen LogP contribution in [0.4, 0.5) is 5.69 Å². The fourth-order valence-corrected chi connectivity index (χ4v) is 2.50. The summed E-state index contributed by atoms with van der Waals surface area (Å²) in [5, 5.41) is 2.90. The number of carbonyl (C=O) groups is 1. The van der Waals surface area contributed by atoms with E-state index < -0.39 is 0 Å². The molecule has 1 aliphatic rings. The van der Waals surface area contributed by atoms with E-state index in [2.05, 4.69) is 21.2 Å². The van der Waals surface area contributed by atoms with Crippen LogP contribution in [0.5, 0.6) is 5.75 Å². The third kappa shape index (κ3) is 1.74. The van der Waals surface area contributed by atoms with E-state index in [0.29, 0.717) is 6.42 Å². The molecule has 80 valence electrons. The first kappa shape index (κ1) is 10.5. The summed E-state index contributed by atoms with van der Waals surface area (Å²) < 4.78 is 6.21. The van der Waals surface area contributed by atoms with Gasteiger partial charge < -0.3 is 10.1 Å². The second kappa shape index (κ2) is 3.85. The fraction of sp³-hybridized carbons (Fsp3) is 0.364. The molecule has 0 fully saturated rings. The number of aryl methyl sites for hydroxylation is 1. The number of ether oxygens (including phenoxy) is 1. The Bertz CT molecular complexity index is 429. The molecule has 4 heteroatoms. The zero-order chi connectivity index (χ0) is 11.0. The Morgan fingerprint density at radius 1 is 1.47 bits per heavy atom. The molecule has 0 saturated heterocycles. The topological polar surface area (TPSA) is 38.3 Å². The number of carbonyl (C=O) groups excluding carboxylic acids is 1. The van der Waals surface area contributed by atoms with Gasteiger partial charge >= 0.3 is 0 Å². The van der Waals surface area contributed by atoms with Gasteiger partial charge in [0.1, 0.15) is 5.75 Å². The lowest BCUT2D eigenvalue weighted by atomic mass is 9.99. The van der Waals surface area contributed by atoms with Crippen LogP contribution in [-0.4, -0.2) is 13.0 Å². The SMILES string of the molecule is COc1cc(C)c2c(c1Br)CCC(=O)N2. The van der Waals surface area contributed by atoms with Gasteiger partial charge in [-0.15, -0.1) is 0 Å². The van der Waals surface area contributed by atoms with Crippen molar-refractivity contribution >= 4 is 27.5 Å². The molecule has 0 aromatic heterocycles. The molecule has 1 N–H and O–H groups in total. The molecule has 2 rings (SSSR count). The third-order valence-corrected chi connectivity index (χ3v) is 3.48. The summed E-state index contributed by atoms with van der Waals surface area (Å²) in [7, 11) is 1.65. The molecule has 3 nitrogen and oxygen atoms in total. The van der Waals surface area contributed by atoms with Crippen LogP contribution in [0.2, 0.25) is 0 Å². The number of fused-ring (bicyclic) bond motifs is 1. The summed E-state index contributed by atoms with van der Waals surface area (Å²) in [5.74, 6) is 0.907. The summed E-state index contributed by atoms with van der Waals surface area (Å²) >= 11 is 3.50.